The molecule has 1 unspecified atom stereocenters. The number of benzene rings is 2. The molecule has 138 valence electrons. The summed E-state index contributed by atoms with van der Waals surface area (Å²) in [6.45, 7) is 4.93. The Morgan fingerprint density at radius 3 is 2.81 bits per heavy atom. The zero-order chi connectivity index (χ0) is 18.4. The first kappa shape index (κ1) is 18.7. The van der Waals surface area contributed by atoms with E-state index in [9.17, 15) is 4.79 Å². The van der Waals surface area contributed by atoms with Crippen molar-refractivity contribution in [2.45, 2.75) is 25.8 Å². The average Bonchev–Trinajstić information content (AvgIpc) is 2.67. The summed E-state index contributed by atoms with van der Waals surface area (Å²) in [4.78, 5) is 14.8. The summed E-state index contributed by atoms with van der Waals surface area (Å²) in [7, 11) is 0. The van der Waals surface area contributed by atoms with Crippen LogP contribution in [-0.2, 0) is 11.2 Å². The Morgan fingerprint density at radius 2 is 2.08 bits per heavy atom. The van der Waals surface area contributed by atoms with Crippen molar-refractivity contribution in [2.24, 2.45) is 0 Å². The highest BCUT2D eigenvalue weighted by Crippen LogP contribution is 2.25. The number of nitrogens with zero attached hydrogens (tertiary/aromatic N) is 1. The van der Waals surface area contributed by atoms with E-state index in [0.29, 0.717) is 18.1 Å². The minimum Gasteiger partial charge on any atom is -0.494 e. The Hall–Kier alpha value is -2.04. The third-order valence-electron chi connectivity index (χ3n) is 4.66. The molecule has 1 heterocycles. The van der Waals surface area contributed by atoms with Gasteiger partial charge in [0.2, 0.25) is 5.91 Å². The van der Waals surface area contributed by atoms with Crippen LogP contribution in [0.2, 0.25) is 5.02 Å². The normalized spacial score (nSPS) is 17.2. The van der Waals surface area contributed by atoms with Crippen molar-refractivity contribution < 1.29 is 9.53 Å². The molecule has 26 heavy (non-hydrogen) atoms. The fourth-order valence-corrected chi connectivity index (χ4v) is 3.53. The molecule has 2 aromatic rings. The highest BCUT2D eigenvalue weighted by Gasteiger charge is 2.27. The Balaban J connectivity index is 1.63. The van der Waals surface area contributed by atoms with E-state index < -0.39 is 0 Å². The number of halogens is 1. The van der Waals surface area contributed by atoms with Gasteiger partial charge in [0.15, 0.2) is 0 Å². The van der Waals surface area contributed by atoms with Crippen LogP contribution in [0.25, 0.3) is 0 Å². The van der Waals surface area contributed by atoms with Crippen LogP contribution in [0, 0.1) is 0 Å². The van der Waals surface area contributed by atoms with Crippen molar-refractivity contribution in [2.75, 3.05) is 26.2 Å². The zero-order valence-corrected chi connectivity index (χ0v) is 15.8. The number of amides is 1. The largest absolute Gasteiger partial charge is 0.494 e. The van der Waals surface area contributed by atoms with Gasteiger partial charge in [-0.1, -0.05) is 35.9 Å². The fraction of sp³-hybridized carbons (Fsp3) is 0.381. The molecule has 1 aliphatic heterocycles. The van der Waals surface area contributed by atoms with Crippen LogP contribution < -0.4 is 10.1 Å². The molecule has 0 spiro atoms. The number of hydrogen-bond acceptors (Lipinski definition) is 3. The molecule has 0 aliphatic carbocycles. The average molecular weight is 373 g/mol. The molecule has 0 aromatic heterocycles. The molecule has 3 rings (SSSR count). The summed E-state index contributed by atoms with van der Waals surface area (Å²) in [5.74, 6) is 1.05. The molecule has 1 atom stereocenters. The summed E-state index contributed by atoms with van der Waals surface area (Å²) in [5, 5.41) is 4.08. The van der Waals surface area contributed by atoms with E-state index in [-0.39, 0.29) is 11.9 Å². The summed E-state index contributed by atoms with van der Waals surface area (Å²) < 4.78 is 5.46. The molecule has 0 radical (unpaired) electrons. The second-order valence-corrected chi connectivity index (χ2v) is 6.88. The van der Waals surface area contributed by atoms with Gasteiger partial charge in [-0.25, -0.2) is 0 Å². The van der Waals surface area contributed by atoms with Gasteiger partial charge in [0.25, 0.3) is 0 Å². The van der Waals surface area contributed by atoms with Crippen molar-refractivity contribution in [3.63, 3.8) is 0 Å². The van der Waals surface area contributed by atoms with E-state index in [1.54, 1.807) is 0 Å². The van der Waals surface area contributed by atoms with E-state index in [1.165, 1.54) is 0 Å². The van der Waals surface area contributed by atoms with Crippen molar-refractivity contribution in [1.82, 2.24) is 10.2 Å². The van der Waals surface area contributed by atoms with Crippen molar-refractivity contribution in [3.8, 4) is 5.75 Å². The Bertz CT molecular complexity index is 733. The third-order valence-corrected chi connectivity index (χ3v) is 4.89. The summed E-state index contributed by atoms with van der Waals surface area (Å²) in [6, 6.07) is 15.8. The summed E-state index contributed by atoms with van der Waals surface area (Å²) in [6.07, 6.45) is 1.24. The number of hydrogen-bond donors (Lipinski definition) is 1. The Labute approximate surface area is 160 Å². The molecule has 1 amide bonds. The minimum absolute atomic E-state index is 0.0373. The fourth-order valence-electron chi connectivity index (χ4n) is 3.33. The lowest BCUT2D eigenvalue weighted by molar-refractivity contribution is -0.134. The summed E-state index contributed by atoms with van der Waals surface area (Å²) in [5.41, 5.74) is 2.23. The number of ether oxygens (including phenoxy) is 1. The molecule has 1 fully saturated rings. The first-order chi connectivity index (χ1) is 12.7. The number of aryl methyl sites for hydroxylation is 1. The first-order valence-electron chi connectivity index (χ1n) is 9.14. The number of nitrogens with one attached hydrogen (secondary N) is 1. The number of rotatable bonds is 6. The molecule has 5 heteroatoms. The minimum atomic E-state index is 0.0373. The predicted molar refractivity (Wildman–Crippen MR) is 105 cm³/mol. The van der Waals surface area contributed by atoms with Crippen LogP contribution in [0.15, 0.2) is 48.5 Å². The molecule has 2 aromatic carbocycles. The van der Waals surface area contributed by atoms with Gasteiger partial charge in [-0.3, -0.25) is 4.79 Å². The number of carbonyl (C=O) groups is 1. The molecule has 4 nitrogen and oxygen atoms in total. The molecule has 1 N–H and O–H groups in total. The highest BCUT2D eigenvalue weighted by molar-refractivity contribution is 6.30. The monoisotopic (exact) mass is 372 g/mol. The van der Waals surface area contributed by atoms with E-state index in [2.05, 4.69) is 5.32 Å². The molecule has 0 saturated carbocycles. The number of piperazine rings is 1. The second-order valence-electron chi connectivity index (χ2n) is 6.44. The van der Waals surface area contributed by atoms with Gasteiger partial charge in [0, 0.05) is 31.1 Å². The van der Waals surface area contributed by atoms with Gasteiger partial charge < -0.3 is 15.0 Å². The van der Waals surface area contributed by atoms with Gasteiger partial charge in [-0.2, -0.15) is 0 Å². The SMILES string of the molecule is CCOc1ccc(CCC(=O)N2CCNCC2c2cccc(Cl)c2)cc1. The quantitative estimate of drug-likeness (QED) is 0.837. The van der Waals surface area contributed by atoms with E-state index in [0.717, 1.165) is 42.9 Å². The molecule has 1 saturated heterocycles. The Morgan fingerprint density at radius 1 is 1.27 bits per heavy atom. The van der Waals surface area contributed by atoms with Crippen molar-refractivity contribution in [3.05, 3.63) is 64.7 Å². The Kier molecular flexibility index (Phi) is 6.53. The lowest BCUT2D eigenvalue weighted by Crippen LogP contribution is -2.48. The maximum absolute atomic E-state index is 12.8. The zero-order valence-electron chi connectivity index (χ0n) is 15.1. The van der Waals surface area contributed by atoms with Gasteiger partial charge in [-0.15, -0.1) is 0 Å². The second kappa shape index (κ2) is 9.06. The van der Waals surface area contributed by atoms with Gasteiger partial charge in [-0.05, 0) is 48.7 Å². The van der Waals surface area contributed by atoms with Crippen LogP contribution >= 0.6 is 11.6 Å². The maximum atomic E-state index is 12.8. The molecular formula is C21H25ClN2O2. The lowest BCUT2D eigenvalue weighted by Gasteiger charge is -2.36. The predicted octanol–water partition coefficient (Wildman–Crippen LogP) is 3.84. The summed E-state index contributed by atoms with van der Waals surface area (Å²) >= 11 is 6.13. The maximum Gasteiger partial charge on any atom is 0.223 e. The number of carbonyl (C=O) groups excluding carboxylic acids is 1. The van der Waals surface area contributed by atoms with Crippen LogP contribution in [0.3, 0.4) is 0 Å². The third kappa shape index (κ3) is 4.77. The van der Waals surface area contributed by atoms with E-state index in [4.69, 9.17) is 16.3 Å². The van der Waals surface area contributed by atoms with Crippen LogP contribution in [0.5, 0.6) is 5.75 Å². The van der Waals surface area contributed by atoms with Gasteiger partial charge >= 0.3 is 0 Å². The van der Waals surface area contributed by atoms with E-state index >= 15 is 0 Å². The van der Waals surface area contributed by atoms with Crippen LogP contribution in [0.4, 0.5) is 0 Å². The van der Waals surface area contributed by atoms with Gasteiger partial charge in [0.05, 0.1) is 12.6 Å². The molecular weight excluding hydrogens is 348 g/mol. The molecule has 1 aliphatic rings. The van der Waals surface area contributed by atoms with E-state index in [1.807, 2.05) is 60.4 Å². The topological polar surface area (TPSA) is 41.6 Å². The van der Waals surface area contributed by atoms with Crippen LogP contribution in [-0.4, -0.2) is 37.0 Å². The molecule has 0 bridgehead atoms. The van der Waals surface area contributed by atoms with Crippen LogP contribution in [0.1, 0.15) is 30.5 Å². The van der Waals surface area contributed by atoms with Crippen molar-refractivity contribution >= 4 is 17.5 Å². The van der Waals surface area contributed by atoms with Gasteiger partial charge in [0.1, 0.15) is 5.75 Å². The highest BCUT2D eigenvalue weighted by atomic mass is 35.5. The first-order valence-corrected chi connectivity index (χ1v) is 9.52. The smallest absolute Gasteiger partial charge is 0.223 e. The van der Waals surface area contributed by atoms with Crippen molar-refractivity contribution in [1.29, 1.82) is 0 Å². The lowest BCUT2D eigenvalue weighted by atomic mass is 10.0. The standard InChI is InChI=1S/C21H25ClN2O2/c1-2-26-19-9-6-16(7-10-19)8-11-21(25)24-13-12-23-15-20(24)17-4-3-5-18(22)14-17/h3-7,9-10,14,20,23H,2,8,11-13,15H2,1H3.